The number of hydrogen-bond acceptors (Lipinski definition) is 2. The van der Waals surface area contributed by atoms with Gasteiger partial charge in [-0.25, -0.2) is 0 Å². The van der Waals surface area contributed by atoms with Crippen molar-refractivity contribution in [1.82, 2.24) is 4.90 Å². The summed E-state index contributed by atoms with van der Waals surface area (Å²) in [5, 5.41) is 0. The highest BCUT2D eigenvalue weighted by Gasteiger charge is 1.91. The highest BCUT2D eigenvalue weighted by Crippen LogP contribution is 1.89. The van der Waals surface area contributed by atoms with E-state index in [2.05, 4.69) is 17.2 Å². The molecular weight excluding hydrogens is 120 g/mol. The molecule has 1 aliphatic rings. The smallest absolute Gasteiger partial charge is 0.114 e. The summed E-state index contributed by atoms with van der Waals surface area (Å²) in [4.78, 5) is 5.77. The lowest BCUT2D eigenvalue weighted by Gasteiger charge is -2.11. The van der Waals surface area contributed by atoms with Gasteiger partial charge in [0.2, 0.25) is 0 Å². The predicted octanol–water partition coefficient (Wildman–Crippen LogP) is 0.801. The van der Waals surface area contributed by atoms with Crippen LogP contribution in [0.25, 0.3) is 0 Å². The van der Waals surface area contributed by atoms with Crippen LogP contribution in [-0.4, -0.2) is 23.3 Å². The molecule has 42 valence electrons. The van der Waals surface area contributed by atoms with Gasteiger partial charge in [-0.3, -0.25) is 4.99 Å². The fraction of sp³-hybridized carbons (Fsp3) is 0.200. The molecule has 0 atom stereocenters. The minimum Gasteiger partial charge on any atom is -0.325 e. The third-order valence-corrected chi connectivity index (χ3v) is 1.12. The molecule has 1 rings (SSSR count). The second-order valence-electron chi connectivity index (χ2n) is 1.43. The van der Waals surface area contributed by atoms with Crippen molar-refractivity contribution in [2.75, 3.05) is 6.67 Å². The van der Waals surface area contributed by atoms with Gasteiger partial charge in [-0.1, -0.05) is 12.2 Å². The molecule has 0 saturated carbocycles. The topological polar surface area (TPSA) is 15.6 Å². The van der Waals surface area contributed by atoms with E-state index < -0.39 is 0 Å². The maximum atomic E-state index is 4.65. The molecule has 1 aliphatic heterocycles. The number of aliphatic imine (C=N–C) groups is 1. The molecule has 0 aromatic heterocycles. The average Bonchev–Trinajstić information content (AvgIpc) is 1.90. The third kappa shape index (κ3) is 1.13. The highest BCUT2D eigenvalue weighted by molar-refractivity contribution is 7.78. The first kappa shape index (κ1) is 5.44. The molecule has 0 bridgehead atoms. The normalized spacial score (nSPS) is 16.8. The molecule has 8 heavy (non-hydrogen) atoms. The summed E-state index contributed by atoms with van der Waals surface area (Å²) in [5.74, 6) is 0. The molecule has 2 nitrogen and oxygen atoms in total. The Morgan fingerprint density at radius 1 is 1.75 bits per heavy atom. The number of hydrogen-bond donors (Lipinski definition) is 0. The zero-order chi connectivity index (χ0) is 5.82. The number of rotatable bonds is 1. The first-order valence-corrected chi connectivity index (χ1v) is 2.78. The van der Waals surface area contributed by atoms with E-state index in [0.29, 0.717) is 6.67 Å². The third-order valence-electron chi connectivity index (χ3n) is 0.849. The largest absolute Gasteiger partial charge is 0.325 e. The van der Waals surface area contributed by atoms with Crippen LogP contribution in [-0.2, 0) is 0 Å². The molecule has 0 amide bonds. The van der Waals surface area contributed by atoms with Crippen molar-refractivity contribution < 1.29 is 0 Å². The van der Waals surface area contributed by atoms with E-state index in [4.69, 9.17) is 0 Å². The standard InChI is InChI=1S/C5H6N2S/c8-5-7-3-1-2-6-4-7/h1-3,5H,4H2. The summed E-state index contributed by atoms with van der Waals surface area (Å²) in [7, 11) is 0. The van der Waals surface area contributed by atoms with E-state index in [9.17, 15) is 0 Å². The lowest BCUT2D eigenvalue weighted by atomic mass is 10.6. The molecule has 0 fully saturated rings. The second kappa shape index (κ2) is 2.57. The monoisotopic (exact) mass is 126 g/mol. The molecule has 0 spiro atoms. The Kier molecular flexibility index (Phi) is 1.75. The molecule has 0 N–H and O–H groups in total. The minimum atomic E-state index is 0.667. The van der Waals surface area contributed by atoms with Gasteiger partial charge in [-0.15, -0.1) is 0 Å². The van der Waals surface area contributed by atoms with Crippen LogP contribution < -0.4 is 0 Å². The van der Waals surface area contributed by atoms with Gasteiger partial charge in [0.25, 0.3) is 0 Å². The van der Waals surface area contributed by atoms with Gasteiger partial charge in [0.1, 0.15) is 6.67 Å². The van der Waals surface area contributed by atoms with E-state index >= 15 is 0 Å². The fourth-order valence-electron chi connectivity index (χ4n) is 0.467. The van der Waals surface area contributed by atoms with Crippen molar-refractivity contribution in [2.24, 2.45) is 4.99 Å². The van der Waals surface area contributed by atoms with Gasteiger partial charge < -0.3 is 4.90 Å². The maximum absolute atomic E-state index is 4.65. The summed E-state index contributed by atoms with van der Waals surface area (Å²) < 4.78 is 0. The van der Waals surface area contributed by atoms with Crippen LogP contribution in [0.15, 0.2) is 17.3 Å². The van der Waals surface area contributed by atoms with Gasteiger partial charge >= 0.3 is 0 Å². The summed E-state index contributed by atoms with van der Waals surface area (Å²) >= 11 is 4.65. The molecule has 0 radical (unpaired) electrons. The van der Waals surface area contributed by atoms with Gasteiger partial charge in [-0.2, -0.15) is 0 Å². The summed E-state index contributed by atoms with van der Waals surface area (Å²) in [5.41, 5.74) is 1.58. The van der Waals surface area contributed by atoms with Gasteiger partial charge in [0.05, 0.1) is 5.49 Å². The summed E-state index contributed by atoms with van der Waals surface area (Å²) in [6, 6.07) is 0. The summed E-state index contributed by atoms with van der Waals surface area (Å²) in [6.07, 6.45) is 5.50. The lowest BCUT2D eigenvalue weighted by Crippen LogP contribution is -2.15. The zero-order valence-corrected chi connectivity index (χ0v) is 5.14. The Labute approximate surface area is 53.5 Å². The quantitative estimate of drug-likeness (QED) is 0.483. The van der Waals surface area contributed by atoms with Crippen molar-refractivity contribution in [3.8, 4) is 0 Å². The molecule has 0 aromatic carbocycles. The molecule has 3 heteroatoms. The van der Waals surface area contributed by atoms with E-state index in [0.717, 1.165) is 0 Å². The van der Waals surface area contributed by atoms with Crippen molar-refractivity contribution in [3.63, 3.8) is 0 Å². The van der Waals surface area contributed by atoms with Crippen molar-refractivity contribution in [1.29, 1.82) is 0 Å². The van der Waals surface area contributed by atoms with Gasteiger partial charge in [-0.05, 0) is 6.08 Å². The van der Waals surface area contributed by atoms with Crippen molar-refractivity contribution in [2.45, 2.75) is 0 Å². The second-order valence-corrected chi connectivity index (χ2v) is 1.65. The van der Waals surface area contributed by atoms with Crippen LogP contribution in [0.5, 0.6) is 0 Å². The van der Waals surface area contributed by atoms with Crippen LogP contribution >= 0.6 is 12.2 Å². The molecule has 0 unspecified atom stereocenters. The van der Waals surface area contributed by atoms with E-state index in [1.165, 1.54) is 0 Å². The fourth-order valence-corrected chi connectivity index (χ4v) is 0.604. The average molecular weight is 126 g/mol. The number of thiocarbonyl (C=S) groups is 1. The molecule has 1 heterocycles. The van der Waals surface area contributed by atoms with Crippen LogP contribution in [0.2, 0.25) is 0 Å². The number of allylic oxidation sites excluding steroid dienone is 1. The van der Waals surface area contributed by atoms with Crippen LogP contribution in [0.1, 0.15) is 0 Å². The minimum absolute atomic E-state index is 0.667. The van der Waals surface area contributed by atoms with Crippen molar-refractivity contribution in [3.05, 3.63) is 12.3 Å². The van der Waals surface area contributed by atoms with Crippen LogP contribution in [0, 0.1) is 0 Å². The van der Waals surface area contributed by atoms with E-state index in [-0.39, 0.29) is 0 Å². The Morgan fingerprint density at radius 2 is 2.62 bits per heavy atom. The van der Waals surface area contributed by atoms with Crippen LogP contribution in [0.3, 0.4) is 0 Å². The maximum Gasteiger partial charge on any atom is 0.114 e. The van der Waals surface area contributed by atoms with Crippen LogP contribution in [0.4, 0.5) is 0 Å². The zero-order valence-electron chi connectivity index (χ0n) is 4.32. The van der Waals surface area contributed by atoms with E-state index in [1.54, 1.807) is 11.7 Å². The van der Waals surface area contributed by atoms with Gasteiger partial charge in [0, 0.05) is 12.4 Å². The van der Waals surface area contributed by atoms with Gasteiger partial charge in [0.15, 0.2) is 0 Å². The Morgan fingerprint density at radius 3 is 3.00 bits per heavy atom. The number of nitrogens with zero attached hydrogens (tertiary/aromatic N) is 2. The Balaban J connectivity index is 2.51. The lowest BCUT2D eigenvalue weighted by molar-refractivity contribution is 0.596. The first-order valence-electron chi connectivity index (χ1n) is 2.31. The highest BCUT2D eigenvalue weighted by atomic mass is 32.1. The summed E-state index contributed by atoms with van der Waals surface area (Å²) in [6.45, 7) is 0.667. The molecular formula is C5H6N2S. The van der Waals surface area contributed by atoms with E-state index in [1.807, 2.05) is 17.2 Å². The SMILES string of the molecule is S=CN1C=CC=NC1. The molecule has 0 aromatic rings. The van der Waals surface area contributed by atoms with Crippen molar-refractivity contribution >= 4 is 23.9 Å². The molecule has 0 saturated heterocycles. The Bertz CT molecular complexity index is 139. The predicted molar refractivity (Wildman–Crippen MR) is 38.0 cm³/mol. The Hall–Kier alpha value is -0.700. The first-order chi connectivity index (χ1) is 3.93. The molecule has 0 aliphatic carbocycles.